The first-order valence-corrected chi connectivity index (χ1v) is 2.95. The first kappa shape index (κ1) is 6.13. The molecule has 1 aromatic rings. The quantitative estimate of drug-likeness (QED) is 0.589. The Morgan fingerprint density at radius 2 is 2.11 bits per heavy atom. The molecule has 0 aliphatic heterocycles. The SMILES string of the molecule is CNc1n[nH]c(C)c1C. The molecule has 0 unspecified atom stereocenters. The molecule has 0 aromatic carbocycles. The minimum Gasteiger partial charge on any atom is -0.371 e. The molecule has 0 saturated carbocycles. The van der Waals surface area contributed by atoms with Gasteiger partial charge in [0.05, 0.1) is 0 Å². The number of rotatable bonds is 1. The highest BCUT2D eigenvalue weighted by Gasteiger charge is 2.00. The molecule has 9 heavy (non-hydrogen) atoms. The lowest BCUT2D eigenvalue weighted by molar-refractivity contribution is 1.04. The normalized spacial score (nSPS) is 9.67. The van der Waals surface area contributed by atoms with Crippen molar-refractivity contribution < 1.29 is 0 Å². The molecule has 1 heterocycles. The summed E-state index contributed by atoms with van der Waals surface area (Å²) >= 11 is 0. The van der Waals surface area contributed by atoms with Crippen molar-refractivity contribution in [3.05, 3.63) is 11.3 Å². The Bertz CT molecular complexity index is 202. The molecular weight excluding hydrogens is 114 g/mol. The summed E-state index contributed by atoms with van der Waals surface area (Å²) in [4.78, 5) is 0. The van der Waals surface area contributed by atoms with E-state index in [1.54, 1.807) is 0 Å². The fourth-order valence-electron chi connectivity index (χ4n) is 0.728. The topological polar surface area (TPSA) is 40.7 Å². The summed E-state index contributed by atoms with van der Waals surface area (Å²) in [5, 5.41) is 9.85. The maximum atomic E-state index is 4.00. The minimum absolute atomic E-state index is 0.938. The van der Waals surface area contributed by atoms with E-state index in [1.165, 1.54) is 5.56 Å². The van der Waals surface area contributed by atoms with Gasteiger partial charge in [-0.25, -0.2) is 0 Å². The van der Waals surface area contributed by atoms with Gasteiger partial charge < -0.3 is 5.32 Å². The maximum Gasteiger partial charge on any atom is 0.150 e. The van der Waals surface area contributed by atoms with Gasteiger partial charge in [-0.05, 0) is 13.8 Å². The molecule has 50 valence electrons. The van der Waals surface area contributed by atoms with Crippen molar-refractivity contribution in [1.29, 1.82) is 0 Å². The highest BCUT2D eigenvalue weighted by Crippen LogP contribution is 2.11. The van der Waals surface area contributed by atoms with Gasteiger partial charge in [0.15, 0.2) is 5.82 Å². The average molecular weight is 125 g/mol. The molecular formula is C6H11N3. The van der Waals surface area contributed by atoms with E-state index in [-0.39, 0.29) is 0 Å². The Morgan fingerprint density at radius 3 is 2.33 bits per heavy atom. The second-order valence-electron chi connectivity index (χ2n) is 2.07. The van der Waals surface area contributed by atoms with E-state index in [2.05, 4.69) is 15.5 Å². The fraction of sp³-hybridized carbons (Fsp3) is 0.500. The Balaban J connectivity index is 3.04. The van der Waals surface area contributed by atoms with Crippen LogP contribution >= 0.6 is 0 Å². The van der Waals surface area contributed by atoms with E-state index in [0.29, 0.717) is 0 Å². The summed E-state index contributed by atoms with van der Waals surface area (Å²) in [6.45, 7) is 4.04. The third-order valence-electron chi connectivity index (χ3n) is 1.49. The third-order valence-corrected chi connectivity index (χ3v) is 1.49. The Labute approximate surface area is 54.5 Å². The van der Waals surface area contributed by atoms with Gasteiger partial charge in [0, 0.05) is 18.3 Å². The van der Waals surface area contributed by atoms with Gasteiger partial charge >= 0.3 is 0 Å². The predicted octanol–water partition coefficient (Wildman–Crippen LogP) is 1.07. The molecule has 1 aromatic heterocycles. The van der Waals surface area contributed by atoms with Crippen LogP contribution in [-0.2, 0) is 0 Å². The number of hydrogen-bond donors (Lipinski definition) is 2. The Hall–Kier alpha value is -0.990. The lowest BCUT2D eigenvalue weighted by Gasteiger charge is -1.92. The van der Waals surface area contributed by atoms with Crippen LogP contribution in [0, 0.1) is 13.8 Å². The van der Waals surface area contributed by atoms with E-state index in [4.69, 9.17) is 0 Å². The minimum atomic E-state index is 0.938. The predicted molar refractivity (Wildman–Crippen MR) is 37.6 cm³/mol. The highest BCUT2D eigenvalue weighted by molar-refractivity contribution is 5.44. The van der Waals surface area contributed by atoms with Crippen molar-refractivity contribution in [2.75, 3.05) is 12.4 Å². The lowest BCUT2D eigenvalue weighted by atomic mass is 10.3. The summed E-state index contributed by atoms with van der Waals surface area (Å²) < 4.78 is 0. The monoisotopic (exact) mass is 125 g/mol. The van der Waals surface area contributed by atoms with Crippen molar-refractivity contribution in [2.24, 2.45) is 0 Å². The van der Waals surface area contributed by atoms with Crippen LogP contribution in [0.2, 0.25) is 0 Å². The fourth-order valence-corrected chi connectivity index (χ4v) is 0.728. The molecule has 0 spiro atoms. The Morgan fingerprint density at radius 1 is 1.44 bits per heavy atom. The van der Waals surface area contributed by atoms with Gasteiger partial charge in [-0.2, -0.15) is 5.10 Å². The number of nitrogens with zero attached hydrogens (tertiary/aromatic N) is 1. The maximum absolute atomic E-state index is 4.00. The van der Waals surface area contributed by atoms with Crippen molar-refractivity contribution in [2.45, 2.75) is 13.8 Å². The molecule has 2 N–H and O–H groups in total. The number of aromatic amines is 1. The van der Waals surface area contributed by atoms with Gasteiger partial charge in [0.1, 0.15) is 0 Å². The molecule has 1 rings (SSSR count). The van der Waals surface area contributed by atoms with Crippen LogP contribution in [0.1, 0.15) is 11.3 Å². The van der Waals surface area contributed by atoms with Gasteiger partial charge in [-0.15, -0.1) is 0 Å². The lowest BCUT2D eigenvalue weighted by Crippen LogP contribution is -1.89. The molecule has 3 heteroatoms. The molecule has 0 aliphatic carbocycles. The molecule has 0 bridgehead atoms. The molecule has 0 atom stereocenters. The van der Waals surface area contributed by atoms with Crippen LogP contribution in [0.15, 0.2) is 0 Å². The van der Waals surface area contributed by atoms with Crippen LogP contribution in [-0.4, -0.2) is 17.2 Å². The van der Waals surface area contributed by atoms with E-state index < -0.39 is 0 Å². The molecule has 0 fully saturated rings. The van der Waals surface area contributed by atoms with E-state index in [0.717, 1.165) is 11.5 Å². The van der Waals surface area contributed by atoms with Crippen LogP contribution < -0.4 is 5.32 Å². The second kappa shape index (κ2) is 2.09. The number of hydrogen-bond acceptors (Lipinski definition) is 2. The first-order valence-electron chi connectivity index (χ1n) is 2.95. The number of H-pyrrole nitrogens is 1. The number of aryl methyl sites for hydroxylation is 1. The molecule has 0 saturated heterocycles. The third kappa shape index (κ3) is 0.896. The summed E-state index contributed by atoms with van der Waals surface area (Å²) in [6, 6.07) is 0. The summed E-state index contributed by atoms with van der Waals surface area (Å²) in [7, 11) is 1.86. The van der Waals surface area contributed by atoms with E-state index >= 15 is 0 Å². The van der Waals surface area contributed by atoms with Crippen molar-refractivity contribution in [1.82, 2.24) is 10.2 Å². The van der Waals surface area contributed by atoms with Crippen LogP contribution in [0.25, 0.3) is 0 Å². The molecule has 0 radical (unpaired) electrons. The van der Waals surface area contributed by atoms with Crippen molar-refractivity contribution in [3.8, 4) is 0 Å². The zero-order valence-corrected chi connectivity index (χ0v) is 5.95. The van der Waals surface area contributed by atoms with Gasteiger partial charge in [0.25, 0.3) is 0 Å². The van der Waals surface area contributed by atoms with Crippen LogP contribution in [0.5, 0.6) is 0 Å². The van der Waals surface area contributed by atoms with E-state index in [9.17, 15) is 0 Å². The van der Waals surface area contributed by atoms with Crippen LogP contribution in [0.4, 0.5) is 5.82 Å². The average Bonchev–Trinajstić information content (AvgIpc) is 2.15. The zero-order chi connectivity index (χ0) is 6.85. The van der Waals surface area contributed by atoms with Gasteiger partial charge in [-0.3, -0.25) is 5.10 Å². The second-order valence-corrected chi connectivity index (χ2v) is 2.07. The van der Waals surface area contributed by atoms with Crippen LogP contribution in [0.3, 0.4) is 0 Å². The summed E-state index contributed by atoms with van der Waals surface area (Å²) in [5.74, 6) is 0.938. The zero-order valence-electron chi connectivity index (χ0n) is 5.95. The molecule has 0 amide bonds. The summed E-state index contributed by atoms with van der Waals surface area (Å²) in [5.41, 5.74) is 2.32. The van der Waals surface area contributed by atoms with Crippen molar-refractivity contribution >= 4 is 5.82 Å². The molecule has 0 aliphatic rings. The van der Waals surface area contributed by atoms with Gasteiger partial charge in [-0.1, -0.05) is 0 Å². The number of aromatic nitrogens is 2. The standard InChI is InChI=1S/C6H11N3/c1-4-5(2)8-9-6(4)7-3/h1-3H3,(H2,7,8,9). The van der Waals surface area contributed by atoms with Crippen molar-refractivity contribution in [3.63, 3.8) is 0 Å². The van der Waals surface area contributed by atoms with Gasteiger partial charge in [0.2, 0.25) is 0 Å². The first-order chi connectivity index (χ1) is 4.25. The number of anilines is 1. The molecule has 3 nitrogen and oxygen atoms in total. The summed E-state index contributed by atoms with van der Waals surface area (Å²) in [6.07, 6.45) is 0. The van der Waals surface area contributed by atoms with E-state index in [1.807, 2.05) is 20.9 Å². The number of nitrogens with one attached hydrogen (secondary N) is 2. The highest BCUT2D eigenvalue weighted by atomic mass is 15.2. The largest absolute Gasteiger partial charge is 0.371 e. The smallest absolute Gasteiger partial charge is 0.150 e. The Kier molecular flexibility index (Phi) is 1.42.